The summed E-state index contributed by atoms with van der Waals surface area (Å²) in [4.78, 5) is 12.5. The molecular formula is C18H23N3O3S. The minimum absolute atomic E-state index is 0.159. The van der Waals surface area contributed by atoms with Crippen LogP contribution in [-0.2, 0) is 21.2 Å². The van der Waals surface area contributed by atoms with E-state index in [0.29, 0.717) is 17.7 Å². The molecular weight excluding hydrogens is 338 g/mol. The number of aryl methyl sites for hydroxylation is 1. The Morgan fingerprint density at radius 2 is 1.80 bits per heavy atom. The van der Waals surface area contributed by atoms with Crippen molar-refractivity contribution >= 4 is 21.6 Å². The fourth-order valence-corrected chi connectivity index (χ4v) is 3.49. The second-order valence-corrected chi connectivity index (χ2v) is 8.17. The Labute approximate surface area is 148 Å². The highest BCUT2D eigenvalue weighted by molar-refractivity contribution is 7.89. The van der Waals surface area contributed by atoms with E-state index in [1.54, 1.807) is 19.1 Å². The lowest BCUT2D eigenvalue weighted by Crippen LogP contribution is -2.37. The molecule has 0 fully saturated rings. The first kappa shape index (κ1) is 19.1. The number of benzene rings is 2. The monoisotopic (exact) mass is 361 g/mol. The normalized spacial score (nSPS) is 12.8. The Kier molecular flexibility index (Phi) is 5.94. The molecule has 0 aliphatic heterocycles. The highest BCUT2D eigenvalue weighted by Crippen LogP contribution is 2.22. The molecule has 0 bridgehead atoms. The van der Waals surface area contributed by atoms with Crippen LogP contribution in [0.2, 0.25) is 0 Å². The number of nitrogens with zero attached hydrogens (tertiary/aromatic N) is 1. The van der Waals surface area contributed by atoms with E-state index in [1.807, 2.05) is 30.3 Å². The summed E-state index contributed by atoms with van der Waals surface area (Å²) in [5.74, 6) is -0.360. The van der Waals surface area contributed by atoms with Gasteiger partial charge in [0, 0.05) is 19.8 Å². The lowest BCUT2D eigenvalue weighted by Gasteiger charge is -2.16. The standard InChI is InChI=1S/C18H23N3O3S/c1-13-9-10-15(12-17(13)25(23,24)21(2)3)20-18(22)16(19)11-14-7-5-4-6-8-14/h4-10,12,16H,11,19H2,1-3H3,(H,20,22). The van der Waals surface area contributed by atoms with E-state index in [9.17, 15) is 13.2 Å². The molecule has 2 rings (SSSR count). The number of nitrogens with one attached hydrogen (secondary N) is 1. The van der Waals surface area contributed by atoms with Gasteiger partial charge in [-0.25, -0.2) is 12.7 Å². The number of sulfonamides is 1. The largest absolute Gasteiger partial charge is 0.325 e. The number of hydrogen-bond donors (Lipinski definition) is 2. The van der Waals surface area contributed by atoms with Crippen molar-refractivity contribution in [1.82, 2.24) is 4.31 Å². The summed E-state index contributed by atoms with van der Waals surface area (Å²) in [5, 5.41) is 2.69. The van der Waals surface area contributed by atoms with Gasteiger partial charge >= 0.3 is 0 Å². The molecule has 1 unspecified atom stereocenters. The molecule has 134 valence electrons. The zero-order valence-electron chi connectivity index (χ0n) is 14.6. The summed E-state index contributed by atoms with van der Waals surface area (Å²) in [7, 11) is -0.648. The van der Waals surface area contributed by atoms with Crippen LogP contribution in [0.1, 0.15) is 11.1 Å². The zero-order valence-corrected chi connectivity index (χ0v) is 15.4. The van der Waals surface area contributed by atoms with E-state index in [1.165, 1.54) is 20.2 Å². The summed E-state index contributed by atoms with van der Waals surface area (Å²) >= 11 is 0. The molecule has 0 aromatic heterocycles. The van der Waals surface area contributed by atoms with Gasteiger partial charge in [0.1, 0.15) is 0 Å². The number of anilines is 1. The van der Waals surface area contributed by atoms with Crippen LogP contribution in [0.25, 0.3) is 0 Å². The van der Waals surface area contributed by atoms with Gasteiger partial charge in [0.25, 0.3) is 0 Å². The van der Waals surface area contributed by atoms with Gasteiger partial charge in [-0.05, 0) is 36.6 Å². The van der Waals surface area contributed by atoms with Gasteiger partial charge in [-0.1, -0.05) is 36.4 Å². The van der Waals surface area contributed by atoms with Gasteiger partial charge in [-0.3, -0.25) is 4.79 Å². The van der Waals surface area contributed by atoms with E-state index < -0.39 is 16.1 Å². The third-order valence-electron chi connectivity index (χ3n) is 3.85. The maximum absolute atomic E-state index is 12.4. The molecule has 0 spiro atoms. The molecule has 2 aromatic carbocycles. The number of amides is 1. The van der Waals surface area contributed by atoms with Gasteiger partial charge in [-0.15, -0.1) is 0 Å². The van der Waals surface area contributed by atoms with Crippen LogP contribution in [0.15, 0.2) is 53.4 Å². The van der Waals surface area contributed by atoms with Gasteiger partial charge in [0.05, 0.1) is 10.9 Å². The van der Waals surface area contributed by atoms with E-state index in [-0.39, 0.29) is 10.8 Å². The van der Waals surface area contributed by atoms with Crippen LogP contribution < -0.4 is 11.1 Å². The molecule has 3 N–H and O–H groups in total. The van der Waals surface area contributed by atoms with Crippen LogP contribution in [0.5, 0.6) is 0 Å². The summed E-state index contributed by atoms with van der Waals surface area (Å²) in [6.45, 7) is 1.71. The van der Waals surface area contributed by atoms with Crippen molar-refractivity contribution in [2.45, 2.75) is 24.3 Å². The highest BCUT2D eigenvalue weighted by Gasteiger charge is 2.21. The van der Waals surface area contributed by atoms with Crippen molar-refractivity contribution in [2.24, 2.45) is 5.73 Å². The van der Waals surface area contributed by atoms with Crippen molar-refractivity contribution in [1.29, 1.82) is 0 Å². The van der Waals surface area contributed by atoms with Crippen LogP contribution >= 0.6 is 0 Å². The Hall–Kier alpha value is -2.22. The number of carbonyl (C=O) groups is 1. The third-order valence-corrected chi connectivity index (χ3v) is 5.81. The zero-order chi connectivity index (χ0) is 18.6. The molecule has 1 amide bonds. The van der Waals surface area contributed by atoms with Crippen molar-refractivity contribution in [2.75, 3.05) is 19.4 Å². The highest BCUT2D eigenvalue weighted by atomic mass is 32.2. The SMILES string of the molecule is Cc1ccc(NC(=O)C(N)Cc2ccccc2)cc1S(=O)(=O)N(C)C. The Morgan fingerprint density at radius 1 is 1.16 bits per heavy atom. The number of carbonyl (C=O) groups excluding carboxylic acids is 1. The first-order valence-corrected chi connectivity index (χ1v) is 9.29. The first-order valence-electron chi connectivity index (χ1n) is 7.85. The number of nitrogens with two attached hydrogens (primary N) is 1. The van der Waals surface area contributed by atoms with E-state index in [4.69, 9.17) is 5.73 Å². The topological polar surface area (TPSA) is 92.5 Å². The Bertz CT molecular complexity index is 849. The predicted octanol–water partition coefficient (Wildman–Crippen LogP) is 1.75. The van der Waals surface area contributed by atoms with E-state index in [2.05, 4.69) is 5.32 Å². The molecule has 1 atom stereocenters. The summed E-state index contributed by atoms with van der Waals surface area (Å²) in [6, 6.07) is 13.5. The van der Waals surface area contributed by atoms with Crippen LogP contribution in [0, 0.1) is 6.92 Å². The molecule has 0 aliphatic rings. The second kappa shape index (κ2) is 7.77. The quantitative estimate of drug-likeness (QED) is 0.820. The minimum atomic E-state index is -3.58. The average molecular weight is 361 g/mol. The predicted molar refractivity (Wildman–Crippen MR) is 98.8 cm³/mol. The maximum atomic E-state index is 12.4. The lowest BCUT2D eigenvalue weighted by atomic mass is 10.1. The molecule has 0 aliphatic carbocycles. The van der Waals surface area contributed by atoms with Gasteiger partial charge in [0.2, 0.25) is 15.9 Å². The average Bonchev–Trinajstić information content (AvgIpc) is 2.57. The van der Waals surface area contributed by atoms with Crippen LogP contribution in [-0.4, -0.2) is 38.8 Å². The molecule has 6 nitrogen and oxygen atoms in total. The van der Waals surface area contributed by atoms with Crippen molar-refractivity contribution in [3.8, 4) is 0 Å². The fourth-order valence-electron chi connectivity index (χ4n) is 2.35. The van der Waals surface area contributed by atoms with Crippen LogP contribution in [0.3, 0.4) is 0 Å². The second-order valence-electron chi connectivity index (χ2n) is 6.05. The van der Waals surface area contributed by atoms with Crippen molar-refractivity contribution < 1.29 is 13.2 Å². The summed E-state index contributed by atoms with van der Waals surface area (Å²) in [5.41, 5.74) is 7.94. The lowest BCUT2D eigenvalue weighted by molar-refractivity contribution is -0.117. The van der Waals surface area contributed by atoms with Gasteiger partial charge in [-0.2, -0.15) is 0 Å². The molecule has 7 heteroatoms. The van der Waals surface area contributed by atoms with Gasteiger partial charge in [0.15, 0.2) is 0 Å². The molecule has 0 saturated carbocycles. The third kappa shape index (κ3) is 4.66. The summed E-state index contributed by atoms with van der Waals surface area (Å²) in [6.07, 6.45) is 0.404. The number of hydrogen-bond acceptors (Lipinski definition) is 4. The molecule has 25 heavy (non-hydrogen) atoms. The fraction of sp³-hybridized carbons (Fsp3) is 0.278. The molecule has 0 saturated heterocycles. The van der Waals surface area contributed by atoms with Crippen molar-refractivity contribution in [3.05, 3.63) is 59.7 Å². The molecule has 0 radical (unpaired) electrons. The van der Waals surface area contributed by atoms with E-state index >= 15 is 0 Å². The molecule has 0 heterocycles. The first-order chi connectivity index (χ1) is 11.7. The maximum Gasteiger partial charge on any atom is 0.242 e. The smallest absolute Gasteiger partial charge is 0.242 e. The Morgan fingerprint density at radius 3 is 2.40 bits per heavy atom. The summed E-state index contributed by atoms with van der Waals surface area (Å²) < 4.78 is 25.8. The Balaban J connectivity index is 2.16. The number of rotatable bonds is 6. The minimum Gasteiger partial charge on any atom is -0.325 e. The van der Waals surface area contributed by atoms with Crippen LogP contribution in [0.4, 0.5) is 5.69 Å². The van der Waals surface area contributed by atoms with Crippen molar-refractivity contribution in [3.63, 3.8) is 0 Å². The van der Waals surface area contributed by atoms with E-state index in [0.717, 1.165) is 9.87 Å². The molecule has 2 aromatic rings. The van der Waals surface area contributed by atoms with Gasteiger partial charge < -0.3 is 11.1 Å².